The van der Waals surface area contributed by atoms with Crippen molar-refractivity contribution in [1.82, 2.24) is 10.3 Å². The SMILES string of the molecule is Nc1ccc(Oc2ccc(C(=O)NC3C4CC5CC3CC(O)(C5)C4)cc2)nc1. The monoisotopic (exact) mass is 379 g/mol. The van der Waals surface area contributed by atoms with E-state index in [0.717, 1.165) is 32.1 Å². The molecule has 6 nitrogen and oxygen atoms in total. The number of carbonyl (C=O) groups is 1. The number of nitrogens with two attached hydrogens (primary N) is 1. The van der Waals surface area contributed by atoms with Crippen molar-refractivity contribution in [3.63, 3.8) is 0 Å². The van der Waals surface area contributed by atoms with Crippen LogP contribution < -0.4 is 15.8 Å². The van der Waals surface area contributed by atoms with Crippen LogP contribution in [-0.4, -0.2) is 27.6 Å². The van der Waals surface area contributed by atoms with Gasteiger partial charge in [0, 0.05) is 17.7 Å². The van der Waals surface area contributed by atoms with Crippen LogP contribution in [0, 0.1) is 17.8 Å². The second-order valence-corrected chi connectivity index (χ2v) is 8.75. The molecule has 4 aliphatic rings. The van der Waals surface area contributed by atoms with Crippen LogP contribution in [0.3, 0.4) is 0 Å². The summed E-state index contributed by atoms with van der Waals surface area (Å²) < 4.78 is 5.68. The first-order valence-electron chi connectivity index (χ1n) is 10.0. The number of nitrogen functional groups attached to an aromatic ring is 1. The van der Waals surface area contributed by atoms with E-state index in [9.17, 15) is 9.90 Å². The highest BCUT2D eigenvalue weighted by molar-refractivity contribution is 5.94. The van der Waals surface area contributed by atoms with Gasteiger partial charge in [-0.1, -0.05) is 0 Å². The van der Waals surface area contributed by atoms with Gasteiger partial charge in [0.1, 0.15) is 5.75 Å². The number of nitrogens with one attached hydrogen (secondary N) is 1. The Morgan fingerprint density at radius 1 is 1.11 bits per heavy atom. The van der Waals surface area contributed by atoms with Gasteiger partial charge in [0.25, 0.3) is 5.91 Å². The maximum atomic E-state index is 12.8. The van der Waals surface area contributed by atoms with Crippen LogP contribution in [0.5, 0.6) is 11.6 Å². The molecule has 2 unspecified atom stereocenters. The van der Waals surface area contributed by atoms with Gasteiger partial charge >= 0.3 is 0 Å². The zero-order valence-corrected chi connectivity index (χ0v) is 15.7. The second kappa shape index (κ2) is 6.48. The maximum absolute atomic E-state index is 12.8. The lowest BCUT2D eigenvalue weighted by Gasteiger charge is -2.58. The van der Waals surface area contributed by atoms with E-state index in [1.807, 2.05) is 0 Å². The molecule has 4 N–H and O–H groups in total. The highest BCUT2D eigenvalue weighted by atomic mass is 16.5. The molecule has 1 aromatic carbocycles. The van der Waals surface area contributed by atoms with Crippen LogP contribution in [-0.2, 0) is 0 Å². The summed E-state index contributed by atoms with van der Waals surface area (Å²) in [6.45, 7) is 0. The normalized spacial score (nSPS) is 32.9. The van der Waals surface area contributed by atoms with E-state index in [1.54, 1.807) is 42.6 Å². The summed E-state index contributed by atoms with van der Waals surface area (Å²) in [7, 11) is 0. The summed E-state index contributed by atoms with van der Waals surface area (Å²) in [6.07, 6.45) is 6.40. The lowest BCUT2D eigenvalue weighted by molar-refractivity contribution is -0.136. The third-order valence-electron chi connectivity index (χ3n) is 6.64. The van der Waals surface area contributed by atoms with Crippen LogP contribution in [0.25, 0.3) is 0 Å². The Bertz CT molecular complexity index is 865. The quantitative estimate of drug-likeness (QED) is 0.758. The lowest BCUT2D eigenvalue weighted by Crippen LogP contribution is -2.61. The minimum absolute atomic E-state index is 0.0541. The van der Waals surface area contributed by atoms with E-state index in [-0.39, 0.29) is 11.9 Å². The molecule has 1 heterocycles. The number of nitrogens with zero attached hydrogens (tertiary/aromatic N) is 1. The van der Waals surface area contributed by atoms with Crippen molar-refractivity contribution < 1.29 is 14.6 Å². The molecule has 0 spiro atoms. The molecule has 2 atom stereocenters. The van der Waals surface area contributed by atoms with Crippen molar-refractivity contribution in [3.8, 4) is 11.6 Å². The van der Waals surface area contributed by atoms with Crippen LogP contribution in [0.4, 0.5) is 5.69 Å². The summed E-state index contributed by atoms with van der Waals surface area (Å²) in [5, 5.41) is 14.0. The summed E-state index contributed by atoms with van der Waals surface area (Å²) in [4.78, 5) is 16.9. The summed E-state index contributed by atoms with van der Waals surface area (Å²) >= 11 is 0. The van der Waals surface area contributed by atoms with E-state index in [0.29, 0.717) is 40.6 Å². The molecule has 6 heteroatoms. The Balaban J connectivity index is 1.24. The first-order valence-corrected chi connectivity index (χ1v) is 10.0. The van der Waals surface area contributed by atoms with Gasteiger partial charge in [-0.2, -0.15) is 0 Å². The molecular weight excluding hydrogens is 354 g/mol. The summed E-state index contributed by atoms with van der Waals surface area (Å²) in [5.41, 5.74) is 6.34. The summed E-state index contributed by atoms with van der Waals surface area (Å²) in [6, 6.07) is 10.7. The van der Waals surface area contributed by atoms with Crippen molar-refractivity contribution in [2.45, 2.75) is 43.7 Å². The smallest absolute Gasteiger partial charge is 0.251 e. The molecule has 0 radical (unpaired) electrons. The van der Waals surface area contributed by atoms with Crippen molar-refractivity contribution in [2.24, 2.45) is 17.8 Å². The van der Waals surface area contributed by atoms with Crippen LogP contribution in [0.1, 0.15) is 42.5 Å². The van der Waals surface area contributed by atoms with Gasteiger partial charge in [0.2, 0.25) is 5.88 Å². The third-order valence-corrected chi connectivity index (χ3v) is 6.64. The number of benzene rings is 1. The van der Waals surface area contributed by atoms with Gasteiger partial charge in [0.05, 0.1) is 17.5 Å². The average Bonchev–Trinajstić information content (AvgIpc) is 2.66. The Morgan fingerprint density at radius 3 is 2.43 bits per heavy atom. The minimum Gasteiger partial charge on any atom is -0.439 e. The standard InChI is InChI=1S/C22H25N3O3/c23-17-3-6-19(24-12-17)28-18-4-1-14(2-5-18)21(26)25-20-15-7-13-8-16(20)11-22(27,9-13)10-15/h1-6,12-13,15-16,20,27H,7-11,23H2,(H,25,26). The van der Waals surface area contributed by atoms with Crippen molar-refractivity contribution in [2.75, 3.05) is 5.73 Å². The molecule has 4 fully saturated rings. The number of carbonyl (C=O) groups excluding carboxylic acids is 1. The first kappa shape index (κ1) is 17.5. The lowest BCUT2D eigenvalue weighted by atomic mass is 9.52. The minimum atomic E-state index is -0.479. The molecule has 4 saturated carbocycles. The first-order chi connectivity index (χ1) is 13.5. The maximum Gasteiger partial charge on any atom is 0.251 e. The number of aromatic nitrogens is 1. The number of anilines is 1. The molecule has 1 aromatic heterocycles. The molecule has 4 bridgehead atoms. The molecule has 6 rings (SSSR count). The highest BCUT2D eigenvalue weighted by Crippen LogP contribution is 2.55. The molecule has 0 aliphatic heterocycles. The van der Waals surface area contributed by atoms with Crippen LogP contribution in [0.15, 0.2) is 42.6 Å². The fraction of sp³-hybridized carbons (Fsp3) is 0.455. The number of ether oxygens (including phenoxy) is 1. The number of amides is 1. The summed E-state index contributed by atoms with van der Waals surface area (Å²) in [5.74, 6) is 2.46. The molecular formula is C22H25N3O3. The van der Waals surface area contributed by atoms with E-state index in [1.165, 1.54) is 0 Å². The Morgan fingerprint density at radius 2 is 1.82 bits per heavy atom. The van der Waals surface area contributed by atoms with Gasteiger partial charge in [-0.3, -0.25) is 4.79 Å². The Kier molecular flexibility index (Phi) is 4.05. The molecule has 4 aliphatic carbocycles. The number of hydrogen-bond donors (Lipinski definition) is 3. The zero-order chi connectivity index (χ0) is 19.3. The largest absolute Gasteiger partial charge is 0.439 e. The van der Waals surface area contributed by atoms with Gasteiger partial charge in [-0.25, -0.2) is 4.98 Å². The molecule has 1 amide bonds. The van der Waals surface area contributed by atoms with Crippen LogP contribution >= 0.6 is 0 Å². The molecule has 28 heavy (non-hydrogen) atoms. The van der Waals surface area contributed by atoms with Gasteiger partial charge in [-0.05, 0) is 80.2 Å². The van der Waals surface area contributed by atoms with Crippen molar-refractivity contribution in [1.29, 1.82) is 0 Å². The van der Waals surface area contributed by atoms with E-state index in [2.05, 4.69) is 10.3 Å². The number of aliphatic hydroxyl groups is 1. The topological polar surface area (TPSA) is 97.5 Å². The molecule has 2 aromatic rings. The van der Waals surface area contributed by atoms with E-state index >= 15 is 0 Å². The Hall–Kier alpha value is -2.60. The third kappa shape index (κ3) is 3.22. The number of pyridine rings is 1. The molecule has 0 saturated heterocycles. The van der Waals surface area contributed by atoms with Gasteiger partial charge < -0.3 is 20.9 Å². The van der Waals surface area contributed by atoms with E-state index < -0.39 is 5.60 Å². The fourth-order valence-corrected chi connectivity index (χ4v) is 5.70. The Labute approximate surface area is 164 Å². The van der Waals surface area contributed by atoms with Gasteiger partial charge in [-0.15, -0.1) is 0 Å². The van der Waals surface area contributed by atoms with Gasteiger partial charge in [0.15, 0.2) is 0 Å². The predicted molar refractivity (Wildman–Crippen MR) is 105 cm³/mol. The van der Waals surface area contributed by atoms with Crippen LogP contribution in [0.2, 0.25) is 0 Å². The zero-order valence-electron chi connectivity index (χ0n) is 15.7. The van der Waals surface area contributed by atoms with E-state index in [4.69, 9.17) is 10.5 Å². The van der Waals surface area contributed by atoms with Crippen molar-refractivity contribution >= 4 is 11.6 Å². The fourth-order valence-electron chi connectivity index (χ4n) is 5.70. The number of hydrogen-bond acceptors (Lipinski definition) is 5. The number of rotatable bonds is 4. The predicted octanol–water partition coefficient (Wildman–Crippen LogP) is 3.13. The second-order valence-electron chi connectivity index (χ2n) is 8.75. The average molecular weight is 379 g/mol. The highest BCUT2D eigenvalue weighted by Gasteiger charge is 2.55. The molecule has 146 valence electrons. The van der Waals surface area contributed by atoms with Crippen molar-refractivity contribution in [3.05, 3.63) is 48.2 Å².